The van der Waals surface area contributed by atoms with Gasteiger partial charge in [-0.15, -0.1) is 23.4 Å². The van der Waals surface area contributed by atoms with E-state index >= 15 is 0 Å². The molecule has 2 heterocycles. The third-order valence-electron chi connectivity index (χ3n) is 3.85. The van der Waals surface area contributed by atoms with Crippen LogP contribution in [0.15, 0.2) is 41.6 Å². The molecule has 120 valence electrons. The summed E-state index contributed by atoms with van der Waals surface area (Å²) >= 11 is 7.24. The summed E-state index contributed by atoms with van der Waals surface area (Å²) in [7, 11) is 0. The molecule has 23 heavy (non-hydrogen) atoms. The van der Waals surface area contributed by atoms with Gasteiger partial charge < -0.3 is 10.8 Å². The minimum Gasteiger partial charge on any atom is -0.477 e. The molecule has 1 fully saturated rings. The van der Waals surface area contributed by atoms with E-state index in [-0.39, 0.29) is 17.0 Å². The van der Waals surface area contributed by atoms with Gasteiger partial charge in [-0.25, -0.2) is 4.79 Å². The first-order valence-electron chi connectivity index (χ1n) is 7.02. The van der Waals surface area contributed by atoms with Crippen molar-refractivity contribution in [3.63, 3.8) is 0 Å². The van der Waals surface area contributed by atoms with Gasteiger partial charge in [-0.1, -0.05) is 36.4 Å². The van der Waals surface area contributed by atoms with Gasteiger partial charge in [0.25, 0.3) is 0 Å². The number of hydrogen-bond acceptors (Lipinski definition) is 4. The number of thioether (sulfide) groups is 1. The number of carboxylic acids is 1. The monoisotopic (exact) mass is 350 g/mol. The fourth-order valence-electron chi connectivity index (χ4n) is 2.58. The number of benzene rings is 1. The Morgan fingerprint density at radius 1 is 1.39 bits per heavy atom. The molecule has 0 spiro atoms. The molecule has 3 rings (SSSR count). The molecule has 0 aliphatic carbocycles. The number of allylic oxidation sites excluding steroid dienone is 1. The summed E-state index contributed by atoms with van der Waals surface area (Å²) in [6.07, 6.45) is 3.58. The summed E-state index contributed by atoms with van der Waals surface area (Å²) in [6, 6.07) is 7.06. The lowest BCUT2D eigenvalue weighted by atomic mass is 10.0. The highest BCUT2D eigenvalue weighted by Gasteiger charge is 2.51. The van der Waals surface area contributed by atoms with Crippen LogP contribution in [0.2, 0.25) is 0 Å². The van der Waals surface area contributed by atoms with E-state index in [1.54, 1.807) is 6.08 Å². The smallest absolute Gasteiger partial charge is 0.352 e. The Balaban J connectivity index is 1.88. The molecular weight excluding hydrogens is 336 g/mol. The van der Waals surface area contributed by atoms with Crippen LogP contribution < -0.4 is 5.73 Å². The van der Waals surface area contributed by atoms with Crippen molar-refractivity contribution in [2.24, 2.45) is 5.73 Å². The van der Waals surface area contributed by atoms with Gasteiger partial charge in [0.2, 0.25) is 5.91 Å². The van der Waals surface area contributed by atoms with Crippen molar-refractivity contribution in [3.8, 4) is 0 Å². The standard InChI is InChI=1S/C16H15ClN2O3S/c17-7-10-3-1-9(2-4-10)5-6-11-8-23-15-12(18)14(20)19(15)13(11)16(21)22/h1-6,12,15H,7-8,18H2,(H,21,22)/t12?,15-/m1/s1. The third-order valence-corrected chi connectivity index (χ3v) is 5.48. The number of carbonyl (C=O) groups excluding carboxylic acids is 1. The molecule has 2 aliphatic heterocycles. The third kappa shape index (κ3) is 2.89. The second-order valence-electron chi connectivity index (χ2n) is 5.32. The topological polar surface area (TPSA) is 83.6 Å². The fourth-order valence-corrected chi connectivity index (χ4v) is 4.03. The Bertz CT molecular complexity index is 715. The van der Waals surface area contributed by atoms with Gasteiger partial charge in [0, 0.05) is 11.6 Å². The maximum atomic E-state index is 11.9. The van der Waals surface area contributed by atoms with Crippen LogP contribution in [0, 0.1) is 0 Å². The molecular formula is C16H15ClN2O3S. The molecule has 0 radical (unpaired) electrons. The Kier molecular flexibility index (Phi) is 4.48. The molecule has 0 bridgehead atoms. The number of aliphatic carboxylic acids is 1. The molecule has 2 aliphatic rings. The van der Waals surface area contributed by atoms with Crippen LogP contribution in [0.5, 0.6) is 0 Å². The molecule has 3 N–H and O–H groups in total. The summed E-state index contributed by atoms with van der Waals surface area (Å²) in [6.45, 7) is 0. The number of nitrogens with two attached hydrogens (primary N) is 1. The van der Waals surface area contributed by atoms with Crippen molar-refractivity contribution in [3.05, 3.63) is 52.7 Å². The van der Waals surface area contributed by atoms with Gasteiger partial charge in [0.15, 0.2) is 0 Å². The van der Waals surface area contributed by atoms with Crippen molar-refractivity contribution in [2.75, 3.05) is 5.75 Å². The number of amides is 1. The quantitative estimate of drug-likeness (QED) is 0.641. The van der Waals surface area contributed by atoms with Crippen molar-refractivity contribution in [2.45, 2.75) is 17.3 Å². The Hall–Kier alpha value is -1.76. The van der Waals surface area contributed by atoms with E-state index in [1.165, 1.54) is 16.7 Å². The van der Waals surface area contributed by atoms with E-state index in [4.69, 9.17) is 17.3 Å². The Morgan fingerprint density at radius 3 is 2.70 bits per heavy atom. The van der Waals surface area contributed by atoms with E-state index in [2.05, 4.69) is 0 Å². The van der Waals surface area contributed by atoms with Crippen LogP contribution in [-0.2, 0) is 15.5 Å². The highest BCUT2D eigenvalue weighted by molar-refractivity contribution is 8.00. The molecule has 1 aromatic carbocycles. The highest BCUT2D eigenvalue weighted by atomic mass is 35.5. The SMILES string of the molecule is NC1C(=O)N2C(C(=O)O)=C(C=Cc3ccc(CCl)cc3)CS[C@H]12. The zero-order valence-electron chi connectivity index (χ0n) is 12.1. The summed E-state index contributed by atoms with van der Waals surface area (Å²) in [5.74, 6) is -0.474. The van der Waals surface area contributed by atoms with Gasteiger partial charge in [-0.2, -0.15) is 0 Å². The lowest BCUT2D eigenvalue weighted by Crippen LogP contribution is -2.68. The number of nitrogens with zero attached hydrogens (tertiary/aromatic N) is 1. The number of carbonyl (C=O) groups is 2. The van der Waals surface area contributed by atoms with E-state index in [9.17, 15) is 14.7 Å². The number of alkyl halides is 1. The van der Waals surface area contributed by atoms with Crippen LogP contribution >= 0.6 is 23.4 Å². The van der Waals surface area contributed by atoms with Crippen molar-refractivity contribution >= 4 is 41.3 Å². The Morgan fingerprint density at radius 2 is 2.09 bits per heavy atom. The van der Waals surface area contributed by atoms with Crippen LogP contribution in [-0.4, -0.2) is 39.1 Å². The Labute approximate surface area is 142 Å². The fraction of sp³-hybridized carbons (Fsp3) is 0.250. The average Bonchev–Trinajstić information content (AvgIpc) is 2.58. The molecule has 1 aromatic rings. The van der Waals surface area contributed by atoms with Gasteiger partial charge in [0.1, 0.15) is 17.1 Å². The number of hydrogen-bond donors (Lipinski definition) is 2. The molecule has 1 amide bonds. The second-order valence-corrected chi connectivity index (χ2v) is 6.70. The summed E-state index contributed by atoms with van der Waals surface area (Å²) in [5, 5.41) is 9.18. The molecule has 1 saturated heterocycles. The minimum atomic E-state index is -1.10. The van der Waals surface area contributed by atoms with Crippen molar-refractivity contribution in [1.82, 2.24) is 4.90 Å². The van der Waals surface area contributed by atoms with Gasteiger partial charge in [-0.05, 0) is 16.7 Å². The molecule has 7 heteroatoms. The molecule has 2 atom stereocenters. The van der Waals surface area contributed by atoms with Gasteiger partial charge in [-0.3, -0.25) is 9.69 Å². The summed E-state index contributed by atoms with van der Waals surface area (Å²) in [4.78, 5) is 24.7. The largest absolute Gasteiger partial charge is 0.477 e. The summed E-state index contributed by atoms with van der Waals surface area (Å²) < 4.78 is 0. The van der Waals surface area contributed by atoms with Gasteiger partial charge >= 0.3 is 5.97 Å². The zero-order valence-corrected chi connectivity index (χ0v) is 13.7. The van der Waals surface area contributed by atoms with Crippen molar-refractivity contribution < 1.29 is 14.7 Å². The first-order chi connectivity index (χ1) is 11.0. The lowest BCUT2D eigenvalue weighted by Gasteiger charge is -2.47. The highest BCUT2D eigenvalue weighted by Crippen LogP contribution is 2.39. The van der Waals surface area contributed by atoms with Crippen LogP contribution in [0.25, 0.3) is 6.08 Å². The van der Waals surface area contributed by atoms with Crippen LogP contribution in [0.1, 0.15) is 11.1 Å². The van der Waals surface area contributed by atoms with E-state index in [0.717, 1.165) is 11.1 Å². The van der Waals surface area contributed by atoms with Crippen molar-refractivity contribution in [1.29, 1.82) is 0 Å². The van der Waals surface area contributed by atoms with Crippen LogP contribution in [0.4, 0.5) is 0 Å². The predicted octanol–water partition coefficient (Wildman–Crippen LogP) is 2.02. The van der Waals surface area contributed by atoms with Gasteiger partial charge in [0.05, 0.1) is 0 Å². The predicted molar refractivity (Wildman–Crippen MR) is 90.8 cm³/mol. The summed E-state index contributed by atoms with van der Waals surface area (Å²) in [5.41, 5.74) is 8.33. The zero-order chi connectivity index (χ0) is 16.6. The number of halogens is 1. The minimum absolute atomic E-state index is 0.0362. The number of rotatable bonds is 4. The van der Waals surface area contributed by atoms with Crippen LogP contribution in [0.3, 0.4) is 0 Å². The van der Waals surface area contributed by atoms with E-state index < -0.39 is 12.0 Å². The van der Waals surface area contributed by atoms with E-state index in [0.29, 0.717) is 17.2 Å². The maximum absolute atomic E-state index is 11.9. The maximum Gasteiger partial charge on any atom is 0.352 e. The molecule has 0 aromatic heterocycles. The molecule has 0 saturated carbocycles. The number of β-lactam (4-membered cyclic amide) rings is 1. The molecule has 1 unspecified atom stereocenters. The average molecular weight is 351 g/mol. The first kappa shape index (κ1) is 16.1. The first-order valence-corrected chi connectivity index (χ1v) is 8.61. The second kappa shape index (κ2) is 6.39. The van der Waals surface area contributed by atoms with E-state index in [1.807, 2.05) is 30.3 Å². The normalized spacial score (nSPS) is 23.9. The molecule has 5 nitrogen and oxygen atoms in total. The number of carboxylic acid groups (broad SMARTS) is 1. The number of fused-ring (bicyclic) bond motifs is 1. The lowest BCUT2D eigenvalue weighted by molar-refractivity contribution is -0.147.